The van der Waals surface area contributed by atoms with E-state index >= 15 is 0 Å². The Labute approximate surface area is 125 Å². The highest BCUT2D eigenvalue weighted by Gasteiger charge is 2.38. The Morgan fingerprint density at radius 3 is 2.29 bits per heavy atom. The lowest BCUT2D eigenvalue weighted by Crippen LogP contribution is -2.62. The third kappa shape index (κ3) is 4.25. The van der Waals surface area contributed by atoms with Gasteiger partial charge in [-0.25, -0.2) is 4.79 Å². The molecule has 118 valence electrons. The quantitative estimate of drug-likeness (QED) is 0.493. The number of amides is 1. The molecular formula is C14H25N5O2. The number of azide groups is 1. The van der Waals surface area contributed by atoms with Gasteiger partial charge < -0.3 is 10.1 Å². The van der Waals surface area contributed by atoms with Gasteiger partial charge in [0.2, 0.25) is 0 Å². The van der Waals surface area contributed by atoms with Crippen LogP contribution in [0.15, 0.2) is 5.11 Å². The molecule has 1 N–H and O–H groups in total. The number of nitrogens with zero attached hydrogens (tertiary/aromatic N) is 4. The van der Waals surface area contributed by atoms with Crippen molar-refractivity contribution in [2.45, 2.75) is 70.2 Å². The van der Waals surface area contributed by atoms with Gasteiger partial charge in [0.1, 0.15) is 5.60 Å². The van der Waals surface area contributed by atoms with E-state index in [1.807, 2.05) is 25.7 Å². The van der Waals surface area contributed by atoms with E-state index in [0.717, 1.165) is 38.8 Å². The van der Waals surface area contributed by atoms with E-state index in [0.29, 0.717) is 0 Å². The molecule has 0 aromatic carbocycles. The van der Waals surface area contributed by atoms with Crippen LogP contribution >= 0.6 is 0 Å². The summed E-state index contributed by atoms with van der Waals surface area (Å²) in [6.45, 7) is 7.33. The molecule has 7 heteroatoms. The Bertz CT molecular complexity index is 416. The average Bonchev–Trinajstić information content (AvgIpc) is 2.33. The van der Waals surface area contributed by atoms with Gasteiger partial charge in [-0.1, -0.05) is 5.11 Å². The van der Waals surface area contributed by atoms with Crippen molar-refractivity contribution < 1.29 is 9.53 Å². The molecule has 2 rings (SSSR count). The summed E-state index contributed by atoms with van der Waals surface area (Å²) in [7, 11) is 0. The molecule has 0 aromatic rings. The van der Waals surface area contributed by atoms with E-state index in [4.69, 9.17) is 10.3 Å². The summed E-state index contributed by atoms with van der Waals surface area (Å²) in [5.74, 6) is 0. The van der Waals surface area contributed by atoms with Crippen molar-refractivity contribution in [2.24, 2.45) is 5.11 Å². The molecule has 1 saturated heterocycles. The van der Waals surface area contributed by atoms with E-state index in [9.17, 15) is 4.79 Å². The molecule has 7 nitrogen and oxygen atoms in total. The van der Waals surface area contributed by atoms with Crippen LogP contribution in [0.1, 0.15) is 46.5 Å². The summed E-state index contributed by atoms with van der Waals surface area (Å²) in [6, 6.07) is 0.490. The maximum atomic E-state index is 12.5. The largest absolute Gasteiger partial charge is 0.444 e. The van der Waals surface area contributed by atoms with Gasteiger partial charge in [-0.2, -0.15) is 0 Å². The second-order valence-corrected chi connectivity index (χ2v) is 6.87. The molecule has 1 aliphatic heterocycles. The minimum atomic E-state index is -0.477. The van der Waals surface area contributed by atoms with Crippen LogP contribution in [-0.4, -0.2) is 47.8 Å². The number of carbonyl (C=O) groups excluding carboxylic acids is 1. The van der Waals surface area contributed by atoms with Crippen LogP contribution in [0, 0.1) is 0 Å². The molecule has 21 heavy (non-hydrogen) atoms. The topological polar surface area (TPSA) is 90.3 Å². The second-order valence-electron chi connectivity index (χ2n) is 6.87. The highest BCUT2D eigenvalue weighted by atomic mass is 16.6. The molecule has 0 spiro atoms. The molecular weight excluding hydrogens is 270 g/mol. The average molecular weight is 295 g/mol. The molecule has 0 unspecified atom stereocenters. The van der Waals surface area contributed by atoms with Crippen molar-refractivity contribution in [3.8, 4) is 0 Å². The zero-order valence-corrected chi connectivity index (χ0v) is 13.1. The molecule has 0 bridgehead atoms. The van der Waals surface area contributed by atoms with E-state index in [1.54, 1.807) is 0 Å². The molecule has 0 atom stereocenters. The number of ether oxygens (including phenoxy) is 1. The molecule has 0 radical (unpaired) electrons. The monoisotopic (exact) mass is 295 g/mol. The Hall–Kier alpha value is -1.46. The summed E-state index contributed by atoms with van der Waals surface area (Å²) in [4.78, 5) is 17.3. The first-order chi connectivity index (χ1) is 9.90. The number of carbonyl (C=O) groups is 1. The highest BCUT2D eigenvalue weighted by Crippen LogP contribution is 2.28. The first kappa shape index (κ1) is 15.9. The maximum Gasteiger partial charge on any atom is 0.410 e. The van der Waals surface area contributed by atoms with Gasteiger partial charge >= 0.3 is 6.09 Å². The fraction of sp³-hybridized carbons (Fsp3) is 0.929. The van der Waals surface area contributed by atoms with E-state index < -0.39 is 5.60 Å². The van der Waals surface area contributed by atoms with Crippen LogP contribution in [0.5, 0.6) is 0 Å². The first-order valence-electron chi connectivity index (χ1n) is 7.67. The van der Waals surface area contributed by atoms with Crippen LogP contribution in [0.3, 0.4) is 0 Å². The maximum absolute atomic E-state index is 12.5. The summed E-state index contributed by atoms with van der Waals surface area (Å²) in [5, 5.41) is 7.01. The van der Waals surface area contributed by atoms with Crippen molar-refractivity contribution in [3.63, 3.8) is 0 Å². The van der Waals surface area contributed by atoms with Crippen molar-refractivity contribution in [1.82, 2.24) is 10.2 Å². The molecule has 1 aliphatic carbocycles. The second kappa shape index (κ2) is 6.54. The standard InChI is InChI=1S/C14H25N5O2/c1-14(2,3)21-13(20)19(12-8-16-9-12)11-6-4-10(5-7-11)17-18-15/h10-12,16H,4-9H2,1-3H3. The molecule has 1 saturated carbocycles. The van der Waals surface area contributed by atoms with Crippen LogP contribution in [0.4, 0.5) is 4.79 Å². The van der Waals surface area contributed by atoms with Crippen molar-refractivity contribution in [2.75, 3.05) is 13.1 Å². The normalized spacial score (nSPS) is 26.4. The van der Waals surface area contributed by atoms with E-state index in [2.05, 4.69) is 15.3 Å². The van der Waals surface area contributed by atoms with Crippen LogP contribution < -0.4 is 5.32 Å². The zero-order valence-electron chi connectivity index (χ0n) is 13.1. The number of nitrogens with one attached hydrogen (secondary N) is 1. The minimum Gasteiger partial charge on any atom is -0.444 e. The summed E-state index contributed by atoms with van der Waals surface area (Å²) >= 11 is 0. The summed E-state index contributed by atoms with van der Waals surface area (Å²) in [5.41, 5.74) is 8.03. The van der Waals surface area contributed by atoms with Crippen LogP contribution in [0.25, 0.3) is 10.4 Å². The van der Waals surface area contributed by atoms with Gasteiger partial charge in [0.25, 0.3) is 0 Å². The number of hydrogen-bond donors (Lipinski definition) is 1. The molecule has 2 aliphatic rings. The Kier molecular flexibility index (Phi) is 4.96. The third-order valence-electron chi connectivity index (χ3n) is 4.03. The first-order valence-corrected chi connectivity index (χ1v) is 7.67. The number of hydrogen-bond acceptors (Lipinski definition) is 4. The minimum absolute atomic E-state index is 0.0752. The lowest BCUT2D eigenvalue weighted by atomic mass is 9.89. The summed E-state index contributed by atoms with van der Waals surface area (Å²) < 4.78 is 5.56. The van der Waals surface area contributed by atoms with E-state index in [-0.39, 0.29) is 24.2 Å². The van der Waals surface area contributed by atoms with Crippen LogP contribution in [0.2, 0.25) is 0 Å². The third-order valence-corrected chi connectivity index (χ3v) is 4.03. The predicted octanol–water partition coefficient (Wildman–Crippen LogP) is 2.82. The van der Waals surface area contributed by atoms with Gasteiger partial charge in [0, 0.05) is 30.1 Å². The highest BCUT2D eigenvalue weighted by molar-refractivity contribution is 5.69. The summed E-state index contributed by atoms with van der Waals surface area (Å²) in [6.07, 6.45) is 3.21. The van der Waals surface area contributed by atoms with Gasteiger partial charge in [0.15, 0.2) is 0 Å². The van der Waals surface area contributed by atoms with Crippen molar-refractivity contribution in [3.05, 3.63) is 10.4 Å². The zero-order chi connectivity index (χ0) is 15.5. The predicted molar refractivity (Wildman–Crippen MR) is 79.9 cm³/mol. The fourth-order valence-corrected chi connectivity index (χ4v) is 2.91. The molecule has 0 aromatic heterocycles. The van der Waals surface area contributed by atoms with Crippen LogP contribution in [-0.2, 0) is 4.74 Å². The lowest BCUT2D eigenvalue weighted by molar-refractivity contribution is -0.00775. The van der Waals surface area contributed by atoms with Gasteiger partial charge in [-0.3, -0.25) is 4.90 Å². The lowest BCUT2D eigenvalue weighted by Gasteiger charge is -2.45. The Morgan fingerprint density at radius 2 is 1.86 bits per heavy atom. The molecule has 1 amide bonds. The SMILES string of the molecule is CC(C)(C)OC(=O)N(C1CCC(N=[N+]=[N-])CC1)C1CNC1. The molecule has 1 heterocycles. The fourth-order valence-electron chi connectivity index (χ4n) is 2.91. The van der Waals surface area contributed by atoms with Crippen molar-refractivity contribution >= 4 is 6.09 Å². The van der Waals surface area contributed by atoms with Gasteiger partial charge in [-0.15, -0.1) is 0 Å². The van der Waals surface area contributed by atoms with Gasteiger partial charge in [-0.05, 0) is 52.0 Å². The van der Waals surface area contributed by atoms with Crippen molar-refractivity contribution in [1.29, 1.82) is 0 Å². The Morgan fingerprint density at radius 1 is 1.24 bits per heavy atom. The Balaban J connectivity index is 2.00. The van der Waals surface area contributed by atoms with E-state index in [1.165, 1.54) is 0 Å². The smallest absolute Gasteiger partial charge is 0.410 e. The molecule has 2 fully saturated rings. The van der Waals surface area contributed by atoms with Gasteiger partial charge in [0.05, 0.1) is 6.04 Å². The number of rotatable bonds is 3.